The molecule has 1 aromatic carbocycles. The summed E-state index contributed by atoms with van der Waals surface area (Å²) in [7, 11) is 0. The van der Waals surface area contributed by atoms with E-state index in [4.69, 9.17) is 17.3 Å². The van der Waals surface area contributed by atoms with Crippen LogP contribution in [0.3, 0.4) is 0 Å². The first-order valence-electron chi connectivity index (χ1n) is 4.80. The fourth-order valence-corrected chi connectivity index (χ4v) is 1.47. The van der Waals surface area contributed by atoms with Crippen molar-refractivity contribution in [2.45, 2.75) is 19.9 Å². The summed E-state index contributed by atoms with van der Waals surface area (Å²) in [6.45, 7) is 4.20. The van der Waals surface area contributed by atoms with Crippen LogP contribution in [0.25, 0.3) is 0 Å². The number of halogens is 1. The number of nitrogens with one attached hydrogen (secondary N) is 1. The zero-order chi connectivity index (χ0) is 11.4. The van der Waals surface area contributed by atoms with Crippen LogP contribution in [0.5, 0.6) is 0 Å². The van der Waals surface area contributed by atoms with E-state index >= 15 is 0 Å². The molecule has 0 fully saturated rings. The molecule has 0 radical (unpaired) electrons. The third-order valence-electron chi connectivity index (χ3n) is 1.95. The average Bonchev–Trinajstić information content (AvgIpc) is 2.14. The summed E-state index contributed by atoms with van der Waals surface area (Å²) in [5.41, 5.74) is 7.05. The Bertz CT molecular complexity index is 364. The van der Waals surface area contributed by atoms with Crippen LogP contribution >= 0.6 is 11.6 Å². The summed E-state index contributed by atoms with van der Waals surface area (Å²) in [4.78, 5) is 11.6. The SMILES string of the molecule is Cc1ccc(C(=O)NCC(C)N)c(Cl)c1. The number of aryl methyl sites for hydroxylation is 1. The maximum absolute atomic E-state index is 11.6. The molecule has 15 heavy (non-hydrogen) atoms. The van der Waals surface area contributed by atoms with E-state index in [2.05, 4.69) is 5.32 Å². The van der Waals surface area contributed by atoms with Crippen molar-refractivity contribution >= 4 is 17.5 Å². The van der Waals surface area contributed by atoms with Crippen molar-refractivity contribution < 1.29 is 4.79 Å². The van der Waals surface area contributed by atoms with Crippen LogP contribution in [0.1, 0.15) is 22.8 Å². The first kappa shape index (κ1) is 12.0. The fraction of sp³-hybridized carbons (Fsp3) is 0.364. The Morgan fingerprint density at radius 2 is 2.27 bits per heavy atom. The Morgan fingerprint density at radius 1 is 1.60 bits per heavy atom. The molecule has 0 heterocycles. The molecule has 4 heteroatoms. The summed E-state index contributed by atoms with van der Waals surface area (Å²) in [6.07, 6.45) is 0. The standard InChI is InChI=1S/C11H15ClN2O/c1-7-3-4-9(10(12)5-7)11(15)14-6-8(2)13/h3-5,8H,6,13H2,1-2H3,(H,14,15). The quantitative estimate of drug-likeness (QED) is 0.825. The second kappa shape index (κ2) is 5.14. The van der Waals surface area contributed by atoms with E-state index < -0.39 is 0 Å². The predicted molar refractivity (Wildman–Crippen MR) is 62.2 cm³/mol. The van der Waals surface area contributed by atoms with Gasteiger partial charge in [0.2, 0.25) is 0 Å². The van der Waals surface area contributed by atoms with E-state index in [1.54, 1.807) is 12.1 Å². The molecule has 0 saturated carbocycles. The van der Waals surface area contributed by atoms with Crippen molar-refractivity contribution in [1.82, 2.24) is 5.32 Å². The smallest absolute Gasteiger partial charge is 0.252 e. The van der Waals surface area contributed by atoms with Crippen LogP contribution in [-0.2, 0) is 0 Å². The minimum absolute atomic E-state index is 0.0572. The first-order chi connectivity index (χ1) is 7.00. The van der Waals surface area contributed by atoms with E-state index in [0.717, 1.165) is 5.56 Å². The van der Waals surface area contributed by atoms with Crippen LogP contribution in [0.15, 0.2) is 18.2 Å². The van der Waals surface area contributed by atoms with Gasteiger partial charge in [-0.3, -0.25) is 4.79 Å². The Labute approximate surface area is 94.6 Å². The second-order valence-corrected chi connectivity index (χ2v) is 4.08. The molecular formula is C11H15ClN2O. The Balaban J connectivity index is 2.74. The van der Waals surface area contributed by atoms with Gasteiger partial charge in [0.1, 0.15) is 0 Å². The Kier molecular flexibility index (Phi) is 4.12. The maximum atomic E-state index is 11.6. The highest BCUT2D eigenvalue weighted by atomic mass is 35.5. The normalized spacial score (nSPS) is 12.3. The Morgan fingerprint density at radius 3 is 2.80 bits per heavy atom. The molecule has 82 valence electrons. The molecule has 3 N–H and O–H groups in total. The van der Waals surface area contributed by atoms with Gasteiger partial charge in [-0.05, 0) is 31.5 Å². The largest absolute Gasteiger partial charge is 0.350 e. The van der Waals surface area contributed by atoms with Crippen molar-refractivity contribution in [3.05, 3.63) is 34.3 Å². The number of carbonyl (C=O) groups is 1. The number of hydrogen-bond donors (Lipinski definition) is 2. The van der Waals surface area contributed by atoms with Gasteiger partial charge >= 0.3 is 0 Å². The molecule has 0 aliphatic carbocycles. The lowest BCUT2D eigenvalue weighted by atomic mass is 10.1. The van der Waals surface area contributed by atoms with Gasteiger partial charge in [-0.15, -0.1) is 0 Å². The third-order valence-corrected chi connectivity index (χ3v) is 2.27. The van der Waals surface area contributed by atoms with Gasteiger partial charge in [0.25, 0.3) is 5.91 Å². The van der Waals surface area contributed by atoms with Gasteiger partial charge in [0.15, 0.2) is 0 Å². The van der Waals surface area contributed by atoms with Crippen LogP contribution in [0.2, 0.25) is 5.02 Å². The van der Waals surface area contributed by atoms with Crippen molar-refractivity contribution in [1.29, 1.82) is 0 Å². The van der Waals surface area contributed by atoms with Crippen LogP contribution in [0, 0.1) is 6.92 Å². The highest BCUT2D eigenvalue weighted by molar-refractivity contribution is 6.33. The second-order valence-electron chi connectivity index (χ2n) is 3.67. The van der Waals surface area contributed by atoms with E-state index in [0.29, 0.717) is 17.1 Å². The predicted octanol–water partition coefficient (Wildman–Crippen LogP) is 1.73. The van der Waals surface area contributed by atoms with Crippen LogP contribution in [0.4, 0.5) is 0 Å². The lowest BCUT2D eigenvalue weighted by Gasteiger charge is -2.09. The molecule has 0 saturated heterocycles. The number of benzene rings is 1. The molecule has 1 rings (SSSR count). The number of rotatable bonds is 3. The molecule has 1 amide bonds. The fourth-order valence-electron chi connectivity index (χ4n) is 1.15. The highest BCUT2D eigenvalue weighted by Gasteiger charge is 2.09. The maximum Gasteiger partial charge on any atom is 0.252 e. The molecule has 0 bridgehead atoms. The topological polar surface area (TPSA) is 55.1 Å². The van der Waals surface area contributed by atoms with Crippen molar-refractivity contribution in [2.24, 2.45) is 5.73 Å². The molecule has 1 aromatic rings. The van der Waals surface area contributed by atoms with Gasteiger partial charge in [-0.25, -0.2) is 0 Å². The minimum Gasteiger partial charge on any atom is -0.350 e. The van der Waals surface area contributed by atoms with Crippen molar-refractivity contribution in [2.75, 3.05) is 6.54 Å². The van der Waals surface area contributed by atoms with E-state index in [1.807, 2.05) is 19.9 Å². The number of amides is 1. The monoisotopic (exact) mass is 226 g/mol. The van der Waals surface area contributed by atoms with Crippen LogP contribution < -0.4 is 11.1 Å². The summed E-state index contributed by atoms with van der Waals surface area (Å²) < 4.78 is 0. The van der Waals surface area contributed by atoms with Crippen LogP contribution in [-0.4, -0.2) is 18.5 Å². The van der Waals surface area contributed by atoms with E-state index in [9.17, 15) is 4.79 Å². The molecule has 0 aliphatic heterocycles. The van der Waals surface area contributed by atoms with Gasteiger partial charge in [-0.1, -0.05) is 17.7 Å². The lowest BCUT2D eigenvalue weighted by molar-refractivity contribution is 0.0952. The molecule has 1 unspecified atom stereocenters. The highest BCUT2D eigenvalue weighted by Crippen LogP contribution is 2.17. The summed E-state index contributed by atoms with van der Waals surface area (Å²) in [5, 5.41) is 3.18. The molecule has 1 atom stereocenters. The number of nitrogens with two attached hydrogens (primary N) is 1. The zero-order valence-electron chi connectivity index (χ0n) is 8.88. The molecular weight excluding hydrogens is 212 g/mol. The van der Waals surface area contributed by atoms with E-state index in [-0.39, 0.29) is 11.9 Å². The van der Waals surface area contributed by atoms with Gasteiger partial charge < -0.3 is 11.1 Å². The lowest BCUT2D eigenvalue weighted by Crippen LogP contribution is -2.35. The minimum atomic E-state index is -0.183. The van der Waals surface area contributed by atoms with Crippen molar-refractivity contribution in [3.8, 4) is 0 Å². The molecule has 3 nitrogen and oxygen atoms in total. The first-order valence-corrected chi connectivity index (χ1v) is 5.18. The van der Waals surface area contributed by atoms with Gasteiger partial charge in [0.05, 0.1) is 10.6 Å². The number of carbonyl (C=O) groups excluding carboxylic acids is 1. The van der Waals surface area contributed by atoms with Crippen molar-refractivity contribution in [3.63, 3.8) is 0 Å². The summed E-state index contributed by atoms with van der Waals surface area (Å²) >= 11 is 5.95. The average molecular weight is 227 g/mol. The molecule has 0 spiro atoms. The molecule has 0 aliphatic rings. The Hall–Kier alpha value is -1.06. The number of hydrogen-bond acceptors (Lipinski definition) is 2. The summed E-state index contributed by atoms with van der Waals surface area (Å²) in [5.74, 6) is -0.183. The van der Waals surface area contributed by atoms with E-state index in [1.165, 1.54) is 0 Å². The zero-order valence-corrected chi connectivity index (χ0v) is 9.64. The third kappa shape index (κ3) is 3.53. The summed E-state index contributed by atoms with van der Waals surface area (Å²) in [6, 6.07) is 5.28. The van der Waals surface area contributed by atoms with Gasteiger partial charge in [0, 0.05) is 12.6 Å². The van der Waals surface area contributed by atoms with Gasteiger partial charge in [-0.2, -0.15) is 0 Å². The molecule has 0 aromatic heterocycles.